The van der Waals surface area contributed by atoms with E-state index in [4.69, 9.17) is 4.42 Å². The first kappa shape index (κ1) is 12.0. The van der Waals surface area contributed by atoms with Crippen LogP contribution in [0.3, 0.4) is 0 Å². The summed E-state index contributed by atoms with van der Waals surface area (Å²) in [6, 6.07) is 20.2. The monoisotopic (exact) mass is 274 g/mol. The van der Waals surface area contributed by atoms with Gasteiger partial charge in [0, 0.05) is 11.1 Å². The average molecular weight is 274 g/mol. The molecule has 1 N–H and O–H groups in total. The van der Waals surface area contributed by atoms with Gasteiger partial charge in [-0.05, 0) is 31.2 Å². The lowest BCUT2D eigenvalue weighted by Gasteiger charge is -2.04. The first-order valence-electron chi connectivity index (χ1n) is 6.92. The molecular weight excluding hydrogens is 260 g/mol. The van der Waals surface area contributed by atoms with Crippen molar-refractivity contribution < 1.29 is 4.42 Å². The van der Waals surface area contributed by atoms with Crippen LogP contribution in [-0.2, 0) is 0 Å². The van der Waals surface area contributed by atoms with E-state index in [9.17, 15) is 0 Å². The van der Waals surface area contributed by atoms with Crippen molar-refractivity contribution in [1.29, 1.82) is 0 Å². The molecule has 0 atom stereocenters. The van der Waals surface area contributed by atoms with Gasteiger partial charge >= 0.3 is 0 Å². The Morgan fingerprint density at radius 1 is 0.857 bits per heavy atom. The van der Waals surface area contributed by atoms with E-state index in [0.29, 0.717) is 0 Å². The lowest BCUT2D eigenvalue weighted by atomic mass is 10.1. The third-order valence-electron chi connectivity index (χ3n) is 3.58. The molecule has 0 unspecified atom stereocenters. The number of aromatic amines is 1. The Kier molecular flexibility index (Phi) is 2.64. The van der Waals surface area contributed by atoms with Gasteiger partial charge in [-0.25, -0.2) is 4.98 Å². The van der Waals surface area contributed by atoms with E-state index in [0.717, 1.165) is 39.5 Å². The molecule has 0 aliphatic heterocycles. The van der Waals surface area contributed by atoms with E-state index in [1.54, 1.807) is 0 Å². The Balaban J connectivity index is 1.92. The number of rotatable bonds is 2. The lowest BCUT2D eigenvalue weighted by molar-refractivity contribution is 0.548. The number of nitrogens with zero attached hydrogens (tertiary/aromatic N) is 1. The van der Waals surface area contributed by atoms with Crippen molar-refractivity contribution in [3.8, 4) is 22.7 Å². The molecule has 0 bridgehead atoms. The minimum atomic E-state index is 0.862. The van der Waals surface area contributed by atoms with Gasteiger partial charge in [0.15, 0.2) is 0 Å². The van der Waals surface area contributed by atoms with Gasteiger partial charge < -0.3 is 9.40 Å². The summed E-state index contributed by atoms with van der Waals surface area (Å²) in [5.41, 5.74) is 4.10. The molecule has 2 heterocycles. The molecule has 0 amide bonds. The first-order chi connectivity index (χ1) is 10.3. The molecule has 0 saturated carbocycles. The maximum absolute atomic E-state index is 5.76. The van der Waals surface area contributed by atoms with Gasteiger partial charge in [0.25, 0.3) is 0 Å². The maximum Gasteiger partial charge on any atom is 0.139 e. The number of hydrogen-bond acceptors (Lipinski definition) is 2. The molecule has 0 radical (unpaired) electrons. The molecule has 0 saturated heterocycles. The molecule has 0 aliphatic rings. The standard InChI is InChI=1S/C18H14N2O/c1-12-10-11-17(21-12)13-6-2-3-7-14(13)18-19-15-8-4-5-9-16(15)20-18/h2-11H,1H3,(H,19,20). The topological polar surface area (TPSA) is 41.8 Å². The SMILES string of the molecule is Cc1ccc(-c2ccccc2-c2nc3ccccc3[nH]2)o1. The molecule has 0 aliphatic carbocycles. The predicted octanol–water partition coefficient (Wildman–Crippen LogP) is 4.80. The number of nitrogens with one attached hydrogen (secondary N) is 1. The molecule has 21 heavy (non-hydrogen) atoms. The maximum atomic E-state index is 5.76. The fourth-order valence-corrected chi connectivity index (χ4v) is 2.56. The number of aryl methyl sites for hydroxylation is 1. The summed E-state index contributed by atoms with van der Waals surface area (Å²) >= 11 is 0. The minimum Gasteiger partial charge on any atom is -0.461 e. The van der Waals surface area contributed by atoms with Crippen LogP contribution in [0.25, 0.3) is 33.7 Å². The zero-order valence-electron chi connectivity index (χ0n) is 11.6. The van der Waals surface area contributed by atoms with Crippen LogP contribution in [0.15, 0.2) is 65.1 Å². The van der Waals surface area contributed by atoms with Crippen LogP contribution in [0.1, 0.15) is 5.76 Å². The minimum absolute atomic E-state index is 0.862. The van der Waals surface area contributed by atoms with Crippen molar-refractivity contribution in [1.82, 2.24) is 9.97 Å². The highest BCUT2D eigenvalue weighted by atomic mass is 16.3. The van der Waals surface area contributed by atoms with E-state index >= 15 is 0 Å². The molecule has 4 rings (SSSR count). The van der Waals surface area contributed by atoms with Crippen molar-refractivity contribution in [3.05, 3.63) is 66.4 Å². The Bertz CT molecular complexity index is 885. The number of fused-ring (bicyclic) bond motifs is 1. The summed E-state index contributed by atoms with van der Waals surface area (Å²) in [4.78, 5) is 8.05. The van der Waals surface area contributed by atoms with Crippen LogP contribution in [0.4, 0.5) is 0 Å². The summed E-state index contributed by atoms with van der Waals surface area (Å²) in [6.45, 7) is 1.95. The highest BCUT2D eigenvalue weighted by Crippen LogP contribution is 2.32. The number of benzene rings is 2. The van der Waals surface area contributed by atoms with Gasteiger partial charge in [0.2, 0.25) is 0 Å². The van der Waals surface area contributed by atoms with Crippen LogP contribution < -0.4 is 0 Å². The zero-order chi connectivity index (χ0) is 14.2. The molecule has 102 valence electrons. The van der Waals surface area contributed by atoms with Gasteiger partial charge in [-0.3, -0.25) is 0 Å². The second-order valence-electron chi connectivity index (χ2n) is 5.06. The second kappa shape index (κ2) is 4.63. The average Bonchev–Trinajstić information content (AvgIpc) is 3.13. The Morgan fingerprint density at radius 3 is 2.38 bits per heavy atom. The molecule has 3 heteroatoms. The van der Waals surface area contributed by atoms with Crippen LogP contribution >= 0.6 is 0 Å². The van der Waals surface area contributed by atoms with E-state index in [1.807, 2.05) is 55.5 Å². The predicted molar refractivity (Wildman–Crippen MR) is 84.0 cm³/mol. The molecule has 0 spiro atoms. The fraction of sp³-hybridized carbons (Fsp3) is 0.0556. The zero-order valence-corrected chi connectivity index (χ0v) is 11.6. The van der Waals surface area contributed by atoms with Crippen LogP contribution in [0.2, 0.25) is 0 Å². The highest BCUT2D eigenvalue weighted by Gasteiger charge is 2.12. The largest absolute Gasteiger partial charge is 0.461 e. The van der Waals surface area contributed by atoms with E-state index in [2.05, 4.69) is 22.1 Å². The van der Waals surface area contributed by atoms with E-state index in [-0.39, 0.29) is 0 Å². The second-order valence-corrected chi connectivity index (χ2v) is 5.06. The summed E-state index contributed by atoms with van der Waals surface area (Å²) < 4.78 is 5.76. The normalized spacial score (nSPS) is 11.1. The van der Waals surface area contributed by atoms with Crippen molar-refractivity contribution in [2.45, 2.75) is 6.92 Å². The van der Waals surface area contributed by atoms with E-state index < -0.39 is 0 Å². The summed E-state index contributed by atoms with van der Waals surface area (Å²) in [6.07, 6.45) is 0. The third kappa shape index (κ3) is 2.03. The van der Waals surface area contributed by atoms with Gasteiger partial charge in [0.05, 0.1) is 11.0 Å². The molecule has 3 nitrogen and oxygen atoms in total. The van der Waals surface area contributed by atoms with Gasteiger partial charge in [0.1, 0.15) is 17.3 Å². The Labute approximate surface area is 122 Å². The fourth-order valence-electron chi connectivity index (χ4n) is 2.56. The highest BCUT2D eigenvalue weighted by molar-refractivity contribution is 5.84. The molecule has 2 aromatic carbocycles. The molecular formula is C18H14N2O. The van der Waals surface area contributed by atoms with Crippen molar-refractivity contribution in [3.63, 3.8) is 0 Å². The summed E-state index contributed by atoms with van der Waals surface area (Å²) in [5, 5.41) is 0. The Morgan fingerprint density at radius 2 is 1.62 bits per heavy atom. The van der Waals surface area contributed by atoms with Crippen LogP contribution in [0, 0.1) is 6.92 Å². The van der Waals surface area contributed by atoms with Crippen molar-refractivity contribution in [2.24, 2.45) is 0 Å². The Hall–Kier alpha value is -2.81. The molecule has 2 aromatic heterocycles. The summed E-state index contributed by atoms with van der Waals surface area (Å²) in [7, 11) is 0. The number of aromatic nitrogens is 2. The number of para-hydroxylation sites is 2. The number of furan rings is 1. The number of imidazole rings is 1. The van der Waals surface area contributed by atoms with Crippen LogP contribution in [-0.4, -0.2) is 9.97 Å². The van der Waals surface area contributed by atoms with Gasteiger partial charge in [-0.15, -0.1) is 0 Å². The van der Waals surface area contributed by atoms with Crippen molar-refractivity contribution >= 4 is 11.0 Å². The quantitative estimate of drug-likeness (QED) is 0.570. The number of hydrogen-bond donors (Lipinski definition) is 1. The number of H-pyrrole nitrogens is 1. The van der Waals surface area contributed by atoms with Gasteiger partial charge in [-0.2, -0.15) is 0 Å². The first-order valence-corrected chi connectivity index (χ1v) is 6.92. The van der Waals surface area contributed by atoms with E-state index in [1.165, 1.54) is 0 Å². The smallest absolute Gasteiger partial charge is 0.139 e. The lowest BCUT2D eigenvalue weighted by Crippen LogP contribution is -1.85. The van der Waals surface area contributed by atoms with Gasteiger partial charge in [-0.1, -0.05) is 36.4 Å². The molecule has 0 fully saturated rings. The van der Waals surface area contributed by atoms with Crippen LogP contribution in [0.5, 0.6) is 0 Å². The molecule has 4 aromatic rings. The third-order valence-corrected chi connectivity index (χ3v) is 3.58. The summed E-state index contributed by atoms with van der Waals surface area (Å²) in [5.74, 6) is 2.63. The van der Waals surface area contributed by atoms with Crippen molar-refractivity contribution in [2.75, 3.05) is 0 Å².